The molecule has 0 aromatic heterocycles. The Morgan fingerprint density at radius 1 is 1.12 bits per heavy atom. The Bertz CT molecular complexity index is 406. The highest BCUT2D eigenvalue weighted by Gasteiger charge is 2.29. The third kappa shape index (κ3) is 1.94. The van der Waals surface area contributed by atoms with E-state index in [1.54, 1.807) is 0 Å². The standard InChI is InChI=1S/C14H18N2/c15-10-12-5-4-8-14(9-12,11-16)13-6-2-1-3-7-13/h1-8H,9-11,15-16H2. The van der Waals surface area contributed by atoms with Crippen molar-refractivity contribution in [2.45, 2.75) is 11.8 Å². The monoisotopic (exact) mass is 214 g/mol. The molecule has 1 aliphatic rings. The van der Waals surface area contributed by atoms with Gasteiger partial charge in [0.2, 0.25) is 0 Å². The Labute approximate surface area is 96.6 Å². The van der Waals surface area contributed by atoms with Gasteiger partial charge in [0.15, 0.2) is 0 Å². The number of rotatable bonds is 3. The predicted molar refractivity (Wildman–Crippen MR) is 68.1 cm³/mol. The van der Waals surface area contributed by atoms with Crippen LogP contribution in [-0.4, -0.2) is 13.1 Å². The van der Waals surface area contributed by atoms with Crippen LogP contribution in [0.2, 0.25) is 0 Å². The second kappa shape index (κ2) is 4.64. The van der Waals surface area contributed by atoms with Crippen LogP contribution < -0.4 is 11.5 Å². The highest BCUT2D eigenvalue weighted by molar-refractivity contribution is 5.39. The quantitative estimate of drug-likeness (QED) is 0.805. The topological polar surface area (TPSA) is 52.0 Å². The normalized spacial score (nSPS) is 24.2. The summed E-state index contributed by atoms with van der Waals surface area (Å²) in [5.41, 5.74) is 14.1. The zero-order chi connectivity index (χ0) is 11.4. The number of benzene rings is 1. The van der Waals surface area contributed by atoms with Gasteiger partial charge in [-0.05, 0) is 12.0 Å². The summed E-state index contributed by atoms with van der Waals surface area (Å²) in [5, 5.41) is 0. The van der Waals surface area contributed by atoms with Gasteiger partial charge in [-0.2, -0.15) is 0 Å². The first-order chi connectivity index (χ1) is 7.80. The SMILES string of the molecule is NCC1=CC=CC(CN)(c2ccccc2)C1. The maximum Gasteiger partial charge on any atom is 0.0295 e. The number of nitrogens with two attached hydrogens (primary N) is 2. The van der Waals surface area contributed by atoms with Gasteiger partial charge in [0.25, 0.3) is 0 Å². The lowest BCUT2D eigenvalue weighted by Crippen LogP contribution is -2.35. The molecule has 1 unspecified atom stereocenters. The summed E-state index contributed by atoms with van der Waals surface area (Å²) in [5.74, 6) is 0. The molecule has 2 heteroatoms. The molecule has 1 aromatic carbocycles. The second-order valence-electron chi connectivity index (χ2n) is 4.29. The van der Waals surface area contributed by atoms with Crippen molar-refractivity contribution in [2.75, 3.05) is 13.1 Å². The molecular weight excluding hydrogens is 196 g/mol. The van der Waals surface area contributed by atoms with Gasteiger partial charge in [0.05, 0.1) is 0 Å². The highest BCUT2D eigenvalue weighted by Crippen LogP contribution is 2.34. The van der Waals surface area contributed by atoms with E-state index < -0.39 is 0 Å². The molecule has 1 aliphatic carbocycles. The van der Waals surface area contributed by atoms with Crippen LogP contribution in [0, 0.1) is 0 Å². The van der Waals surface area contributed by atoms with E-state index in [1.807, 2.05) is 6.07 Å². The number of hydrogen-bond donors (Lipinski definition) is 2. The van der Waals surface area contributed by atoms with Gasteiger partial charge in [-0.1, -0.05) is 54.1 Å². The maximum absolute atomic E-state index is 5.97. The summed E-state index contributed by atoms with van der Waals surface area (Å²) in [4.78, 5) is 0. The lowest BCUT2D eigenvalue weighted by molar-refractivity contribution is 0.531. The lowest BCUT2D eigenvalue weighted by atomic mass is 9.73. The fourth-order valence-corrected chi connectivity index (χ4v) is 2.26. The molecule has 1 atom stereocenters. The number of hydrogen-bond acceptors (Lipinski definition) is 2. The Hall–Kier alpha value is -1.38. The molecule has 0 fully saturated rings. The Morgan fingerprint density at radius 2 is 1.88 bits per heavy atom. The molecule has 1 aromatic rings. The zero-order valence-electron chi connectivity index (χ0n) is 9.39. The lowest BCUT2D eigenvalue weighted by Gasteiger charge is -2.33. The molecule has 0 heterocycles. The molecule has 0 spiro atoms. The van der Waals surface area contributed by atoms with Gasteiger partial charge in [-0.3, -0.25) is 0 Å². The highest BCUT2D eigenvalue weighted by atomic mass is 14.6. The molecular formula is C14H18N2. The maximum atomic E-state index is 5.97. The van der Waals surface area contributed by atoms with Crippen molar-refractivity contribution in [1.29, 1.82) is 0 Å². The van der Waals surface area contributed by atoms with E-state index in [4.69, 9.17) is 11.5 Å². The fraction of sp³-hybridized carbons (Fsp3) is 0.286. The fourth-order valence-electron chi connectivity index (χ4n) is 2.26. The average molecular weight is 214 g/mol. The molecule has 2 nitrogen and oxygen atoms in total. The van der Waals surface area contributed by atoms with Crippen LogP contribution >= 0.6 is 0 Å². The van der Waals surface area contributed by atoms with Gasteiger partial charge in [0.1, 0.15) is 0 Å². The largest absolute Gasteiger partial charge is 0.329 e. The van der Waals surface area contributed by atoms with Crippen molar-refractivity contribution in [3.63, 3.8) is 0 Å². The van der Waals surface area contributed by atoms with E-state index in [2.05, 4.69) is 42.5 Å². The van der Waals surface area contributed by atoms with Gasteiger partial charge in [0, 0.05) is 18.5 Å². The van der Waals surface area contributed by atoms with Crippen molar-refractivity contribution in [2.24, 2.45) is 11.5 Å². The Kier molecular flexibility index (Phi) is 3.22. The first-order valence-electron chi connectivity index (χ1n) is 5.64. The Morgan fingerprint density at radius 3 is 2.50 bits per heavy atom. The van der Waals surface area contributed by atoms with E-state index >= 15 is 0 Å². The second-order valence-corrected chi connectivity index (χ2v) is 4.29. The predicted octanol–water partition coefficient (Wildman–Crippen LogP) is 1.73. The molecule has 4 N–H and O–H groups in total. The summed E-state index contributed by atoms with van der Waals surface area (Å²) in [6.07, 6.45) is 7.30. The van der Waals surface area contributed by atoms with Crippen LogP contribution in [0.1, 0.15) is 12.0 Å². The zero-order valence-corrected chi connectivity index (χ0v) is 9.39. The van der Waals surface area contributed by atoms with E-state index in [9.17, 15) is 0 Å². The smallest absolute Gasteiger partial charge is 0.0295 e. The minimum Gasteiger partial charge on any atom is -0.329 e. The van der Waals surface area contributed by atoms with Crippen molar-refractivity contribution in [1.82, 2.24) is 0 Å². The van der Waals surface area contributed by atoms with Crippen molar-refractivity contribution in [3.05, 3.63) is 59.7 Å². The van der Waals surface area contributed by atoms with E-state index in [0.717, 1.165) is 6.42 Å². The first kappa shape index (κ1) is 11.1. The van der Waals surface area contributed by atoms with Crippen LogP contribution in [0.25, 0.3) is 0 Å². The average Bonchev–Trinajstić information content (AvgIpc) is 2.39. The molecule has 0 bridgehead atoms. The molecule has 0 saturated carbocycles. The molecule has 16 heavy (non-hydrogen) atoms. The van der Waals surface area contributed by atoms with Crippen LogP contribution in [0.3, 0.4) is 0 Å². The van der Waals surface area contributed by atoms with Gasteiger partial charge >= 0.3 is 0 Å². The molecule has 0 saturated heterocycles. The molecule has 84 valence electrons. The van der Waals surface area contributed by atoms with Crippen molar-refractivity contribution in [3.8, 4) is 0 Å². The molecule has 0 radical (unpaired) electrons. The summed E-state index contributed by atoms with van der Waals surface area (Å²) in [6.45, 7) is 1.23. The van der Waals surface area contributed by atoms with Crippen molar-refractivity contribution >= 4 is 0 Å². The summed E-state index contributed by atoms with van der Waals surface area (Å²) < 4.78 is 0. The van der Waals surface area contributed by atoms with Crippen molar-refractivity contribution < 1.29 is 0 Å². The van der Waals surface area contributed by atoms with E-state index in [-0.39, 0.29) is 5.41 Å². The minimum atomic E-state index is -0.0648. The molecule has 0 aliphatic heterocycles. The van der Waals surface area contributed by atoms with E-state index in [0.29, 0.717) is 13.1 Å². The minimum absolute atomic E-state index is 0.0648. The van der Waals surface area contributed by atoms with Gasteiger partial charge in [-0.25, -0.2) is 0 Å². The van der Waals surface area contributed by atoms with Gasteiger partial charge in [-0.15, -0.1) is 0 Å². The first-order valence-corrected chi connectivity index (χ1v) is 5.64. The third-order valence-corrected chi connectivity index (χ3v) is 3.26. The summed E-state index contributed by atoms with van der Waals surface area (Å²) in [6, 6.07) is 10.4. The summed E-state index contributed by atoms with van der Waals surface area (Å²) in [7, 11) is 0. The van der Waals surface area contributed by atoms with Crippen LogP contribution in [0.15, 0.2) is 54.1 Å². The Balaban J connectivity index is 2.36. The number of allylic oxidation sites excluding steroid dienone is 2. The van der Waals surface area contributed by atoms with Crippen LogP contribution in [0.5, 0.6) is 0 Å². The van der Waals surface area contributed by atoms with Crippen LogP contribution in [-0.2, 0) is 5.41 Å². The third-order valence-electron chi connectivity index (χ3n) is 3.26. The van der Waals surface area contributed by atoms with Gasteiger partial charge < -0.3 is 11.5 Å². The van der Waals surface area contributed by atoms with E-state index in [1.165, 1.54) is 11.1 Å². The molecule has 0 amide bonds. The van der Waals surface area contributed by atoms with Crippen LogP contribution in [0.4, 0.5) is 0 Å². The summed E-state index contributed by atoms with van der Waals surface area (Å²) >= 11 is 0. The molecule has 2 rings (SSSR count).